The summed E-state index contributed by atoms with van der Waals surface area (Å²) in [6.07, 6.45) is 9.18. The Morgan fingerprint density at radius 1 is 1.18 bits per heavy atom. The Balaban J connectivity index is 1.38. The van der Waals surface area contributed by atoms with Crippen LogP contribution >= 0.6 is 0 Å². The normalized spacial score (nSPS) is 25.1. The zero-order chi connectivity index (χ0) is 19.5. The fourth-order valence-corrected chi connectivity index (χ4v) is 4.86. The van der Waals surface area contributed by atoms with Crippen LogP contribution < -0.4 is 0 Å². The van der Waals surface area contributed by atoms with Gasteiger partial charge in [0.2, 0.25) is 0 Å². The monoisotopic (exact) mass is 379 g/mol. The van der Waals surface area contributed by atoms with E-state index in [2.05, 4.69) is 35.2 Å². The zero-order valence-electron chi connectivity index (χ0n) is 16.3. The van der Waals surface area contributed by atoms with Gasteiger partial charge in [0.15, 0.2) is 5.76 Å². The SMILES string of the molecule is N=C/C=C(\O)C(=O)N1CC2CC=C(c3ccc(CCN4CCCC4)cc3)C2C1. The van der Waals surface area contributed by atoms with Crippen LogP contribution in [0.1, 0.15) is 30.4 Å². The molecule has 2 fully saturated rings. The first kappa shape index (κ1) is 18.9. The van der Waals surface area contributed by atoms with Crippen LogP contribution in [0.4, 0.5) is 0 Å². The van der Waals surface area contributed by atoms with Gasteiger partial charge in [-0.25, -0.2) is 0 Å². The average molecular weight is 380 g/mol. The van der Waals surface area contributed by atoms with Gasteiger partial charge in [0, 0.05) is 37.8 Å². The predicted octanol–water partition coefficient (Wildman–Crippen LogP) is 3.28. The standard InChI is InChI=1S/C23H29N3O2/c24-11-9-22(27)23(28)26-15-19-7-8-20(21(19)16-26)18-5-3-17(4-6-18)10-14-25-12-1-2-13-25/h3-6,8-9,11,19,21,24,27H,1-2,7,10,12-16H2/b22-9-,24-11?. The van der Waals surface area contributed by atoms with E-state index in [1.54, 1.807) is 4.90 Å². The summed E-state index contributed by atoms with van der Waals surface area (Å²) in [6, 6.07) is 8.95. The number of fused-ring (bicyclic) bond motifs is 1. The second kappa shape index (κ2) is 8.31. The number of likely N-dealkylation sites (tertiary alicyclic amines) is 2. The number of aliphatic hydroxyl groups excluding tert-OH is 1. The first-order chi connectivity index (χ1) is 13.7. The Morgan fingerprint density at radius 3 is 2.64 bits per heavy atom. The molecule has 5 heteroatoms. The highest BCUT2D eigenvalue weighted by Crippen LogP contribution is 2.43. The molecule has 2 atom stereocenters. The molecule has 1 amide bonds. The lowest BCUT2D eigenvalue weighted by Crippen LogP contribution is -2.30. The minimum absolute atomic E-state index is 0.340. The summed E-state index contributed by atoms with van der Waals surface area (Å²) < 4.78 is 0. The molecule has 3 aliphatic rings. The van der Waals surface area contributed by atoms with E-state index in [9.17, 15) is 9.90 Å². The van der Waals surface area contributed by atoms with Gasteiger partial charge in [0.05, 0.1) is 0 Å². The minimum atomic E-state index is -0.366. The summed E-state index contributed by atoms with van der Waals surface area (Å²) >= 11 is 0. The summed E-state index contributed by atoms with van der Waals surface area (Å²) in [5.41, 5.74) is 3.98. The van der Waals surface area contributed by atoms with Gasteiger partial charge in [0.25, 0.3) is 5.91 Å². The Hall–Kier alpha value is -2.40. The number of amides is 1. The Kier molecular flexibility index (Phi) is 5.62. The van der Waals surface area contributed by atoms with E-state index in [1.807, 2.05) is 0 Å². The second-order valence-electron chi connectivity index (χ2n) is 8.19. The van der Waals surface area contributed by atoms with E-state index in [-0.39, 0.29) is 11.7 Å². The van der Waals surface area contributed by atoms with Crippen molar-refractivity contribution in [2.24, 2.45) is 11.8 Å². The van der Waals surface area contributed by atoms with Gasteiger partial charge in [-0.05, 0) is 61.4 Å². The number of aliphatic hydroxyl groups is 1. The lowest BCUT2D eigenvalue weighted by atomic mass is 9.90. The highest BCUT2D eigenvalue weighted by molar-refractivity contribution is 5.95. The Morgan fingerprint density at radius 2 is 1.93 bits per heavy atom. The average Bonchev–Trinajstić information content (AvgIpc) is 3.43. The number of hydrogen-bond donors (Lipinski definition) is 2. The van der Waals surface area contributed by atoms with Crippen molar-refractivity contribution in [1.82, 2.24) is 9.80 Å². The molecule has 148 valence electrons. The first-order valence-electron chi connectivity index (χ1n) is 10.4. The van der Waals surface area contributed by atoms with E-state index in [0.717, 1.165) is 31.7 Å². The van der Waals surface area contributed by atoms with E-state index in [4.69, 9.17) is 5.41 Å². The third kappa shape index (κ3) is 3.90. The molecule has 0 bridgehead atoms. The number of hydrogen-bond acceptors (Lipinski definition) is 4. The molecule has 2 N–H and O–H groups in total. The molecule has 0 spiro atoms. The molecule has 5 nitrogen and oxygen atoms in total. The van der Waals surface area contributed by atoms with Crippen molar-refractivity contribution in [2.45, 2.75) is 25.7 Å². The predicted molar refractivity (Wildman–Crippen MR) is 111 cm³/mol. The molecule has 1 aromatic carbocycles. The van der Waals surface area contributed by atoms with Crippen LogP contribution in [0, 0.1) is 17.2 Å². The van der Waals surface area contributed by atoms with Crippen LogP contribution in [0.3, 0.4) is 0 Å². The van der Waals surface area contributed by atoms with Crippen LogP contribution in [0.5, 0.6) is 0 Å². The van der Waals surface area contributed by atoms with E-state index in [0.29, 0.717) is 24.9 Å². The van der Waals surface area contributed by atoms with Crippen molar-refractivity contribution in [3.8, 4) is 0 Å². The summed E-state index contributed by atoms with van der Waals surface area (Å²) in [5, 5.41) is 16.8. The minimum Gasteiger partial charge on any atom is -0.503 e. The molecule has 1 aromatic rings. The third-order valence-corrected chi connectivity index (χ3v) is 6.43. The van der Waals surface area contributed by atoms with Gasteiger partial charge in [-0.15, -0.1) is 0 Å². The Bertz CT molecular complexity index is 791. The van der Waals surface area contributed by atoms with Crippen LogP contribution in [-0.2, 0) is 11.2 Å². The topological polar surface area (TPSA) is 67.6 Å². The molecule has 0 saturated carbocycles. The van der Waals surface area contributed by atoms with E-state index >= 15 is 0 Å². The maximum atomic E-state index is 12.3. The molecular formula is C23H29N3O2. The van der Waals surface area contributed by atoms with Crippen molar-refractivity contribution < 1.29 is 9.90 Å². The van der Waals surface area contributed by atoms with Gasteiger partial charge < -0.3 is 20.3 Å². The molecule has 2 heterocycles. The number of rotatable bonds is 6. The quantitative estimate of drug-likeness (QED) is 0.453. The molecule has 0 radical (unpaired) electrons. The lowest BCUT2D eigenvalue weighted by molar-refractivity contribution is -0.129. The smallest absolute Gasteiger partial charge is 0.288 e. The maximum absolute atomic E-state index is 12.3. The van der Waals surface area contributed by atoms with Crippen molar-refractivity contribution in [1.29, 1.82) is 5.41 Å². The summed E-state index contributed by atoms with van der Waals surface area (Å²) in [4.78, 5) is 16.6. The Labute approximate surface area is 166 Å². The zero-order valence-corrected chi connectivity index (χ0v) is 16.3. The van der Waals surface area contributed by atoms with Gasteiger partial charge in [-0.2, -0.15) is 0 Å². The van der Waals surface area contributed by atoms with E-state index in [1.165, 1.54) is 42.6 Å². The number of nitrogens with zero attached hydrogens (tertiary/aromatic N) is 2. The number of nitrogens with one attached hydrogen (secondary N) is 1. The molecule has 0 aromatic heterocycles. The number of carbonyl (C=O) groups excluding carboxylic acids is 1. The van der Waals surface area contributed by atoms with Crippen molar-refractivity contribution in [2.75, 3.05) is 32.7 Å². The highest BCUT2D eigenvalue weighted by atomic mass is 16.3. The third-order valence-electron chi connectivity index (χ3n) is 6.43. The molecule has 2 unspecified atom stereocenters. The van der Waals surface area contributed by atoms with E-state index < -0.39 is 0 Å². The van der Waals surface area contributed by atoms with Gasteiger partial charge in [-0.3, -0.25) is 4.79 Å². The van der Waals surface area contributed by atoms with Crippen LogP contribution in [0.25, 0.3) is 5.57 Å². The first-order valence-corrected chi connectivity index (χ1v) is 10.4. The summed E-state index contributed by atoms with van der Waals surface area (Å²) in [7, 11) is 0. The molecule has 1 aliphatic carbocycles. The van der Waals surface area contributed by atoms with Crippen LogP contribution in [0.2, 0.25) is 0 Å². The van der Waals surface area contributed by atoms with Gasteiger partial charge in [0.1, 0.15) is 0 Å². The molecular weight excluding hydrogens is 350 g/mol. The number of allylic oxidation sites excluding steroid dienone is 2. The number of benzene rings is 1. The molecule has 4 rings (SSSR count). The fourth-order valence-electron chi connectivity index (χ4n) is 4.86. The second-order valence-corrected chi connectivity index (χ2v) is 8.19. The van der Waals surface area contributed by atoms with Crippen LogP contribution in [0.15, 0.2) is 42.2 Å². The van der Waals surface area contributed by atoms with Gasteiger partial charge in [-0.1, -0.05) is 30.3 Å². The van der Waals surface area contributed by atoms with Crippen molar-refractivity contribution in [3.63, 3.8) is 0 Å². The lowest BCUT2D eigenvalue weighted by Gasteiger charge is -2.18. The molecule has 2 saturated heterocycles. The van der Waals surface area contributed by atoms with Crippen LogP contribution in [-0.4, -0.2) is 59.8 Å². The largest absolute Gasteiger partial charge is 0.503 e. The summed E-state index contributed by atoms with van der Waals surface area (Å²) in [5.74, 6) is 0.0612. The fraction of sp³-hybridized carbons (Fsp3) is 0.478. The number of carbonyl (C=O) groups is 1. The maximum Gasteiger partial charge on any atom is 0.288 e. The summed E-state index contributed by atoms with van der Waals surface area (Å²) in [6.45, 7) is 4.95. The van der Waals surface area contributed by atoms with Crippen molar-refractivity contribution in [3.05, 3.63) is 53.3 Å². The van der Waals surface area contributed by atoms with Crippen molar-refractivity contribution >= 4 is 17.7 Å². The molecule has 2 aliphatic heterocycles. The van der Waals surface area contributed by atoms with Gasteiger partial charge >= 0.3 is 0 Å². The highest BCUT2D eigenvalue weighted by Gasteiger charge is 2.40. The molecule has 28 heavy (non-hydrogen) atoms.